The second kappa shape index (κ2) is 7.45. The molecule has 0 radical (unpaired) electrons. The lowest BCUT2D eigenvalue weighted by Gasteiger charge is -2.45. The maximum atomic E-state index is 11.4. The lowest BCUT2D eigenvalue weighted by molar-refractivity contribution is -0.157. The first-order valence-electron chi connectivity index (χ1n) is 6.89. The molecule has 0 amide bonds. The summed E-state index contributed by atoms with van der Waals surface area (Å²) in [5.41, 5.74) is 6.57. The summed E-state index contributed by atoms with van der Waals surface area (Å²) < 4.78 is 0. The number of aliphatic carboxylic acids is 1. The normalized spacial score (nSPS) is 17.7. The van der Waals surface area contributed by atoms with Gasteiger partial charge in [-0.15, -0.1) is 12.4 Å². The first-order valence-corrected chi connectivity index (χ1v) is 7.26. The molecule has 6 heteroatoms. The summed E-state index contributed by atoms with van der Waals surface area (Å²) >= 11 is 5.85. The highest BCUT2D eigenvalue weighted by Crippen LogP contribution is 2.37. The summed E-state index contributed by atoms with van der Waals surface area (Å²) in [6, 6.07) is 7.52. The molecule has 1 atom stereocenters. The van der Waals surface area contributed by atoms with Gasteiger partial charge in [-0.05, 0) is 50.4 Å². The van der Waals surface area contributed by atoms with Crippen molar-refractivity contribution in [3.63, 3.8) is 0 Å². The third-order valence-corrected chi connectivity index (χ3v) is 4.48. The number of benzene rings is 1. The van der Waals surface area contributed by atoms with Crippen LogP contribution in [0.25, 0.3) is 0 Å². The van der Waals surface area contributed by atoms with Crippen molar-refractivity contribution in [1.29, 1.82) is 0 Å². The fourth-order valence-electron chi connectivity index (χ4n) is 2.78. The summed E-state index contributed by atoms with van der Waals surface area (Å²) in [7, 11) is 1.86. The number of carbonyl (C=O) groups is 1. The minimum atomic E-state index is -0.732. The number of carboxylic acid groups (broad SMARTS) is 1. The predicted octanol–water partition coefficient (Wildman–Crippen LogP) is 2.57. The number of nitrogens with two attached hydrogens (primary N) is 1. The van der Waals surface area contributed by atoms with E-state index in [-0.39, 0.29) is 18.4 Å². The molecule has 118 valence electrons. The quantitative estimate of drug-likeness (QED) is 0.840. The molecule has 1 saturated carbocycles. The number of likely N-dealkylation sites (N-methyl/N-ethyl adjacent to an activating group) is 1. The van der Waals surface area contributed by atoms with Crippen LogP contribution in [0.5, 0.6) is 0 Å². The zero-order chi connectivity index (χ0) is 14.8. The molecule has 1 aliphatic carbocycles. The summed E-state index contributed by atoms with van der Waals surface area (Å²) in [5, 5.41) is 10.1. The fourth-order valence-corrected chi connectivity index (χ4v) is 2.91. The first-order chi connectivity index (χ1) is 9.44. The lowest BCUT2D eigenvalue weighted by Crippen LogP contribution is -2.60. The first kappa shape index (κ1) is 18.2. The molecule has 3 N–H and O–H groups in total. The average Bonchev–Trinajstić information content (AvgIpc) is 2.29. The largest absolute Gasteiger partial charge is 0.480 e. The van der Waals surface area contributed by atoms with Crippen molar-refractivity contribution < 1.29 is 9.90 Å². The summed E-state index contributed by atoms with van der Waals surface area (Å²) in [6.45, 7) is 0.578. The number of rotatable bonds is 6. The van der Waals surface area contributed by atoms with Crippen molar-refractivity contribution in [2.75, 3.05) is 13.6 Å². The lowest BCUT2D eigenvalue weighted by atomic mass is 9.75. The molecule has 1 aromatic carbocycles. The molecule has 0 bridgehead atoms. The standard InChI is InChI=1S/C15H21ClN2O2.ClH/c1-18(15(14(19)20)7-2-8-15)10-13(17)9-11-3-5-12(16)6-4-11;/h3-6,13H,2,7-10,17H2,1H3,(H,19,20);1H/t13-;/m0./s1. The molecule has 4 nitrogen and oxygen atoms in total. The topological polar surface area (TPSA) is 66.6 Å². The van der Waals surface area contributed by atoms with Gasteiger partial charge < -0.3 is 10.8 Å². The SMILES string of the molecule is CN(C[C@@H](N)Cc1ccc(Cl)cc1)C1(C(=O)O)CCC1.Cl. The minimum absolute atomic E-state index is 0. The van der Waals surface area contributed by atoms with Crippen LogP contribution in [0.1, 0.15) is 24.8 Å². The van der Waals surface area contributed by atoms with E-state index >= 15 is 0 Å². The van der Waals surface area contributed by atoms with Crippen molar-refractivity contribution >= 4 is 30.0 Å². The van der Waals surface area contributed by atoms with Crippen LogP contribution in [-0.4, -0.2) is 41.1 Å². The Kier molecular flexibility index (Phi) is 6.47. The van der Waals surface area contributed by atoms with E-state index in [1.165, 1.54) is 0 Å². The van der Waals surface area contributed by atoms with Crippen molar-refractivity contribution in [2.45, 2.75) is 37.3 Å². The van der Waals surface area contributed by atoms with E-state index in [9.17, 15) is 9.90 Å². The van der Waals surface area contributed by atoms with Gasteiger partial charge in [0.15, 0.2) is 0 Å². The van der Waals surface area contributed by atoms with Crippen LogP contribution in [-0.2, 0) is 11.2 Å². The van der Waals surface area contributed by atoms with Crippen LogP contribution in [0.4, 0.5) is 0 Å². The van der Waals surface area contributed by atoms with Gasteiger partial charge in [-0.3, -0.25) is 9.69 Å². The molecule has 0 aromatic heterocycles. The van der Waals surface area contributed by atoms with Gasteiger partial charge in [-0.25, -0.2) is 0 Å². The Morgan fingerprint density at radius 3 is 2.43 bits per heavy atom. The highest BCUT2D eigenvalue weighted by atomic mass is 35.5. The smallest absolute Gasteiger partial charge is 0.324 e. The Morgan fingerprint density at radius 2 is 2.00 bits per heavy atom. The van der Waals surface area contributed by atoms with E-state index in [2.05, 4.69) is 0 Å². The van der Waals surface area contributed by atoms with Crippen molar-refractivity contribution in [3.05, 3.63) is 34.9 Å². The number of nitrogens with zero attached hydrogens (tertiary/aromatic N) is 1. The molecule has 0 heterocycles. The van der Waals surface area contributed by atoms with Gasteiger partial charge in [0.05, 0.1) is 0 Å². The van der Waals surface area contributed by atoms with E-state index in [1.54, 1.807) is 0 Å². The van der Waals surface area contributed by atoms with Crippen LogP contribution in [0.15, 0.2) is 24.3 Å². The molecule has 2 rings (SSSR count). The maximum Gasteiger partial charge on any atom is 0.324 e. The highest BCUT2D eigenvalue weighted by Gasteiger charge is 2.47. The van der Waals surface area contributed by atoms with Crippen LogP contribution < -0.4 is 5.73 Å². The van der Waals surface area contributed by atoms with Crippen LogP contribution >= 0.6 is 24.0 Å². The predicted molar refractivity (Wildman–Crippen MR) is 87.2 cm³/mol. The summed E-state index contributed by atoms with van der Waals surface area (Å²) in [5.74, 6) is -0.732. The Morgan fingerprint density at radius 1 is 1.43 bits per heavy atom. The monoisotopic (exact) mass is 332 g/mol. The number of halogens is 2. The Bertz CT molecular complexity index is 475. The molecule has 0 unspecified atom stereocenters. The van der Waals surface area contributed by atoms with E-state index in [0.29, 0.717) is 24.4 Å². The van der Waals surface area contributed by atoms with Gasteiger partial charge in [0.2, 0.25) is 0 Å². The average molecular weight is 333 g/mol. The van der Waals surface area contributed by atoms with Gasteiger partial charge in [-0.1, -0.05) is 23.7 Å². The zero-order valence-electron chi connectivity index (χ0n) is 12.1. The second-order valence-corrected chi connectivity index (χ2v) is 6.10. The molecule has 1 aromatic rings. The molecule has 0 saturated heterocycles. The van der Waals surface area contributed by atoms with Crippen LogP contribution in [0, 0.1) is 0 Å². The molecule has 0 aliphatic heterocycles. The molecular weight excluding hydrogens is 311 g/mol. The molecule has 0 spiro atoms. The van der Waals surface area contributed by atoms with Crippen LogP contribution in [0.2, 0.25) is 5.02 Å². The Labute approximate surface area is 136 Å². The van der Waals surface area contributed by atoms with E-state index in [0.717, 1.165) is 18.4 Å². The third-order valence-electron chi connectivity index (χ3n) is 4.23. The zero-order valence-corrected chi connectivity index (χ0v) is 13.7. The number of hydrogen-bond acceptors (Lipinski definition) is 3. The van der Waals surface area contributed by atoms with Gasteiger partial charge in [0, 0.05) is 17.6 Å². The van der Waals surface area contributed by atoms with Gasteiger partial charge in [-0.2, -0.15) is 0 Å². The van der Waals surface area contributed by atoms with Gasteiger partial charge in [0.1, 0.15) is 5.54 Å². The summed E-state index contributed by atoms with van der Waals surface area (Å²) in [6.07, 6.45) is 3.12. The van der Waals surface area contributed by atoms with E-state index in [1.807, 2.05) is 36.2 Å². The van der Waals surface area contributed by atoms with Crippen molar-refractivity contribution in [1.82, 2.24) is 4.90 Å². The minimum Gasteiger partial charge on any atom is -0.480 e. The molecular formula is C15H22Cl2N2O2. The fraction of sp³-hybridized carbons (Fsp3) is 0.533. The number of hydrogen-bond donors (Lipinski definition) is 2. The molecule has 21 heavy (non-hydrogen) atoms. The highest BCUT2D eigenvalue weighted by molar-refractivity contribution is 6.30. The molecule has 1 fully saturated rings. The Balaban J connectivity index is 0.00000220. The van der Waals surface area contributed by atoms with E-state index in [4.69, 9.17) is 17.3 Å². The van der Waals surface area contributed by atoms with Crippen molar-refractivity contribution in [2.24, 2.45) is 5.73 Å². The molecule has 1 aliphatic rings. The second-order valence-electron chi connectivity index (χ2n) is 5.66. The van der Waals surface area contributed by atoms with Gasteiger partial charge in [0.25, 0.3) is 0 Å². The maximum absolute atomic E-state index is 11.4. The third kappa shape index (κ3) is 4.10. The van der Waals surface area contributed by atoms with Crippen molar-refractivity contribution in [3.8, 4) is 0 Å². The number of carboxylic acids is 1. The van der Waals surface area contributed by atoms with E-state index < -0.39 is 11.5 Å². The Hall–Kier alpha value is -0.810. The van der Waals surface area contributed by atoms with Gasteiger partial charge >= 0.3 is 5.97 Å². The summed E-state index contributed by atoms with van der Waals surface area (Å²) in [4.78, 5) is 13.3. The van der Waals surface area contributed by atoms with Crippen LogP contribution in [0.3, 0.4) is 0 Å².